The molecule has 31 heteroatoms. The SMILES string of the molecule is OC(C(F)(F)F)(C(F)(F)F)C(F)(F)F.OC(C(F)(F)F)(C(F)(F)F)C(F)(F)F.OC(C(F)(F)F)(C(F)(F)F)C(F)(F)F.[Mn]. The van der Waals surface area contributed by atoms with Crippen molar-refractivity contribution in [1.82, 2.24) is 0 Å². The fourth-order valence-corrected chi connectivity index (χ4v) is 1.45. The van der Waals surface area contributed by atoms with Gasteiger partial charge in [-0.3, -0.25) is 0 Å². The minimum Gasteiger partial charge on any atom is -0.367 e. The summed E-state index contributed by atoms with van der Waals surface area (Å²) >= 11 is 0. The Bertz CT molecular complexity index is 632. The van der Waals surface area contributed by atoms with Gasteiger partial charge in [0.05, 0.1) is 0 Å². The second kappa shape index (κ2) is 12.7. The zero-order valence-electron chi connectivity index (χ0n) is 17.9. The van der Waals surface area contributed by atoms with Crippen LogP contribution in [0.4, 0.5) is 119 Å². The first-order chi connectivity index (χ1) is 17.2. The standard InChI is InChI=1S/3C4HF9O.Mn/c3*5-2(6,7)1(14,3(8,9)10)4(11,12)13;/h3*14H;. The van der Waals surface area contributed by atoms with Crippen molar-refractivity contribution in [1.29, 1.82) is 0 Å². The Hall–Kier alpha value is -1.49. The maximum Gasteiger partial charge on any atom is 0.435 e. The average Bonchev–Trinajstić information content (AvgIpc) is 2.58. The zero-order valence-corrected chi connectivity index (χ0v) is 19.1. The van der Waals surface area contributed by atoms with Crippen LogP contribution >= 0.6 is 0 Å². The first-order valence-electron chi connectivity index (χ1n) is 8.02. The fourth-order valence-electron chi connectivity index (χ4n) is 1.45. The molecular formula is C12H3F27MnO3. The van der Waals surface area contributed by atoms with Crippen molar-refractivity contribution in [2.75, 3.05) is 0 Å². The summed E-state index contributed by atoms with van der Waals surface area (Å²) in [5.41, 5.74) is -20.1. The molecule has 0 bridgehead atoms. The Morgan fingerprint density at radius 2 is 0.233 bits per heavy atom. The topological polar surface area (TPSA) is 60.7 Å². The minimum absolute atomic E-state index is 0. The first kappa shape index (κ1) is 48.4. The molecule has 3 nitrogen and oxygen atoms in total. The Balaban J connectivity index is -0.000000262. The van der Waals surface area contributed by atoms with Crippen LogP contribution in [0.2, 0.25) is 0 Å². The van der Waals surface area contributed by atoms with Crippen LogP contribution in [-0.4, -0.2) is 87.7 Å². The van der Waals surface area contributed by atoms with Crippen LogP contribution < -0.4 is 0 Å². The fraction of sp³-hybridized carbons (Fsp3) is 1.00. The van der Waals surface area contributed by atoms with Crippen molar-refractivity contribution in [2.24, 2.45) is 0 Å². The van der Waals surface area contributed by atoms with Crippen LogP contribution in [0.3, 0.4) is 0 Å². The van der Waals surface area contributed by atoms with Crippen molar-refractivity contribution in [3.05, 3.63) is 0 Å². The van der Waals surface area contributed by atoms with E-state index in [9.17, 15) is 119 Å². The Morgan fingerprint density at radius 3 is 0.233 bits per heavy atom. The smallest absolute Gasteiger partial charge is 0.367 e. The van der Waals surface area contributed by atoms with Crippen LogP contribution in [0.15, 0.2) is 0 Å². The summed E-state index contributed by atoms with van der Waals surface area (Å²) < 4.78 is 308. The van der Waals surface area contributed by atoms with Crippen LogP contribution in [0.25, 0.3) is 0 Å². The summed E-state index contributed by atoms with van der Waals surface area (Å²) in [6.45, 7) is 0. The quantitative estimate of drug-likeness (QED) is 0.181. The van der Waals surface area contributed by atoms with Gasteiger partial charge in [-0.15, -0.1) is 0 Å². The molecule has 0 saturated heterocycles. The molecule has 0 aromatic rings. The number of hydrogen-bond donors (Lipinski definition) is 3. The van der Waals surface area contributed by atoms with Gasteiger partial charge >= 0.3 is 72.4 Å². The third-order valence-electron chi connectivity index (χ3n) is 3.69. The monoisotopic (exact) mass is 763 g/mol. The van der Waals surface area contributed by atoms with E-state index in [1.54, 1.807) is 0 Å². The summed E-state index contributed by atoms with van der Waals surface area (Å²) in [6.07, 6.45) is -61.8. The predicted octanol–water partition coefficient (Wildman–Crippen LogP) is 7.21. The van der Waals surface area contributed by atoms with Gasteiger partial charge in [0, 0.05) is 17.1 Å². The molecule has 0 aliphatic heterocycles. The molecule has 0 atom stereocenters. The van der Waals surface area contributed by atoms with Gasteiger partial charge in [0.15, 0.2) is 0 Å². The molecule has 0 aromatic heterocycles. The van der Waals surface area contributed by atoms with Gasteiger partial charge in [0.1, 0.15) is 0 Å². The maximum atomic E-state index is 11.4. The van der Waals surface area contributed by atoms with E-state index in [0.29, 0.717) is 0 Å². The van der Waals surface area contributed by atoms with E-state index in [1.165, 1.54) is 0 Å². The van der Waals surface area contributed by atoms with Gasteiger partial charge in [-0.25, -0.2) is 0 Å². The van der Waals surface area contributed by atoms with Crippen LogP contribution in [-0.2, 0) is 17.1 Å². The van der Waals surface area contributed by atoms with E-state index in [-0.39, 0.29) is 17.1 Å². The number of halogens is 27. The molecule has 0 aliphatic carbocycles. The maximum absolute atomic E-state index is 11.4. The summed E-state index contributed by atoms with van der Waals surface area (Å²) in [7, 11) is 0. The summed E-state index contributed by atoms with van der Waals surface area (Å²) in [5, 5.41) is 22.9. The molecule has 0 aliphatic rings. The second-order valence-corrected chi connectivity index (χ2v) is 6.61. The van der Waals surface area contributed by atoms with Crippen LogP contribution in [0, 0.1) is 0 Å². The molecule has 0 spiro atoms. The molecule has 0 amide bonds. The Labute approximate surface area is 224 Å². The van der Waals surface area contributed by atoms with E-state index in [0.717, 1.165) is 0 Å². The molecule has 0 unspecified atom stereocenters. The molecular weight excluding hydrogens is 760 g/mol. The van der Waals surface area contributed by atoms with Gasteiger partial charge in [-0.05, 0) is 0 Å². The van der Waals surface area contributed by atoms with Crippen molar-refractivity contribution >= 4 is 0 Å². The molecule has 0 rings (SSSR count). The molecule has 0 heterocycles. The van der Waals surface area contributed by atoms with E-state index >= 15 is 0 Å². The first-order valence-corrected chi connectivity index (χ1v) is 8.02. The van der Waals surface area contributed by atoms with Crippen LogP contribution in [0.5, 0.6) is 0 Å². The number of alkyl halides is 27. The van der Waals surface area contributed by atoms with E-state index < -0.39 is 72.4 Å². The van der Waals surface area contributed by atoms with Gasteiger partial charge in [0.25, 0.3) is 0 Å². The minimum atomic E-state index is -6.87. The molecule has 3 N–H and O–H groups in total. The molecule has 43 heavy (non-hydrogen) atoms. The molecule has 265 valence electrons. The third-order valence-corrected chi connectivity index (χ3v) is 3.69. The van der Waals surface area contributed by atoms with Gasteiger partial charge in [0.2, 0.25) is 0 Å². The van der Waals surface area contributed by atoms with Gasteiger partial charge in [-0.1, -0.05) is 0 Å². The number of rotatable bonds is 0. The third kappa shape index (κ3) is 9.50. The van der Waals surface area contributed by atoms with Crippen molar-refractivity contribution < 1.29 is 151 Å². The Morgan fingerprint density at radius 1 is 0.186 bits per heavy atom. The Kier molecular flexibility index (Phi) is 14.3. The summed E-state index contributed by atoms with van der Waals surface area (Å²) in [6, 6.07) is 0. The van der Waals surface area contributed by atoms with E-state index in [1.807, 2.05) is 0 Å². The van der Waals surface area contributed by atoms with E-state index in [4.69, 9.17) is 15.3 Å². The average molecular weight is 763 g/mol. The second-order valence-electron chi connectivity index (χ2n) is 6.61. The van der Waals surface area contributed by atoms with Crippen molar-refractivity contribution in [3.63, 3.8) is 0 Å². The number of aliphatic hydroxyl groups is 3. The van der Waals surface area contributed by atoms with Crippen molar-refractivity contribution in [2.45, 2.75) is 72.4 Å². The largest absolute Gasteiger partial charge is 0.435 e. The molecule has 1 radical (unpaired) electrons. The molecule has 0 aromatic carbocycles. The zero-order chi connectivity index (χ0) is 36.0. The molecule has 0 saturated carbocycles. The van der Waals surface area contributed by atoms with E-state index in [2.05, 4.69) is 0 Å². The summed E-state index contributed by atoms with van der Waals surface area (Å²) in [5.74, 6) is 0. The predicted molar refractivity (Wildman–Crippen MR) is 69.3 cm³/mol. The van der Waals surface area contributed by atoms with Gasteiger partial charge < -0.3 is 15.3 Å². The normalized spacial score (nSPS) is 15.5. The summed E-state index contributed by atoms with van der Waals surface area (Å²) in [4.78, 5) is 0. The van der Waals surface area contributed by atoms with Crippen molar-refractivity contribution in [3.8, 4) is 0 Å². The van der Waals surface area contributed by atoms with Crippen LogP contribution in [0.1, 0.15) is 0 Å². The van der Waals surface area contributed by atoms with Gasteiger partial charge in [-0.2, -0.15) is 119 Å². The molecule has 0 fully saturated rings. The number of hydrogen-bond acceptors (Lipinski definition) is 3.